The summed E-state index contributed by atoms with van der Waals surface area (Å²) in [7, 11) is 0. The molecule has 52 heavy (non-hydrogen) atoms. The van der Waals surface area contributed by atoms with Gasteiger partial charge in [-0.3, -0.25) is 0 Å². The average molecular weight is 670 g/mol. The van der Waals surface area contributed by atoms with Crippen molar-refractivity contribution in [1.29, 1.82) is 0 Å². The van der Waals surface area contributed by atoms with E-state index in [0.717, 1.165) is 50.1 Å². The summed E-state index contributed by atoms with van der Waals surface area (Å²) in [6, 6.07) is 65.5. The van der Waals surface area contributed by atoms with Crippen molar-refractivity contribution in [3.63, 3.8) is 0 Å². The smallest absolute Gasteiger partial charge is 0.136 e. The zero-order valence-electron chi connectivity index (χ0n) is 29.7. The van der Waals surface area contributed by atoms with Gasteiger partial charge in [-0.05, 0) is 98.3 Å². The maximum atomic E-state index is 6.22. The van der Waals surface area contributed by atoms with Crippen LogP contribution < -0.4 is 4.90 Å². The van der Waals surface area contributed by atoms with E-state index < -0.39 is 0 Å². The maximum Gasteiger partial charge on any atom is 0.136 e. The molecule has 0 fully saturated rings. The minimum Gasteiger partial charge on any atom is -0.456 e. The van der Waals surface area contributed by atoms with Crippen molar-refractivity contribution in [2.75, 3.05) is 4.90 Å². The van der Waals surface area contributed by atoms with Crippen LogP contribution in [0.25, 0.3) is 66.1 Å². The number of benzene rings is 8. The molecule has 1 aromatic heterocycles. The molecule has 0 spiro atoms. The van der Waals surface area contributed by atoms with Gasteiger partial charge in [0.1, 0.15) is 11.2 Å². The fraction of sp³-hybridized carbons (Fsp3) is 0.0800. The van der Waals surface area contributed by atoms with Crippen molar-refractivity contribution in [2.24, 2.45) is 0 Å². The number of fused-ring (bicyclic) bond motifs is 4. The van der Waals surface area contributed by atoms with Gasteiger partial charge in [-0.25, -0.2) is 0 Å². The number of anilines is 3. The van der Waals surface area contributed by atoms with Crippen LogP contribution in [0.1, 0.15) is 26.3 Å². The van der Waals surface area contributed by atoms with Crippen LogP contribution in [0.5, 0.6) is 0 Å². The minimum atomic E-state index is -0.0233. The average Bonchev–Trinajstić information content (AvgIpc) is 3.56. The first-order valence-corrected chi connectivity index (χ1v) is 18.0. The zero-order valence-corrected chi connectivity index (χ0v) is 29.7. The summed E-state index contributed by atoms with van der Waals surface area (Å²) in [5.74, 6) is 0. The van der Waals surface area contributed by atoms with Gasteiger partial charge in [-0.2, -0.15) is 0 Å². The molecule has 2 heteroatoms. The molecule has 1 heterocycles. The lowest BCUT2D eigenvalue weighted by molar-refractivity contribution is 0.592. The second-order valence-corrected chi connectivity index (χ2v) is 14.6. The Kier molecular flexibility index (Phi) is 7.74. The van der Waals surface area contributed by atoms with E-state index in [1.165, 1.54) is 38.6 Å². The van der Waals surface area contributed by atoms with Crippen LogP contribution in [0.2, 0.25) is 0 Å². The van der Waals surface area contributed by atoms with Gasteiger partial charge in [0, 0.05) is 27.5 Å². The molecule has 0 atom stereocenters. The van der Waals surface area contributed by atoms with E-state index in [1.807, 2.05) is 12.1 Å². The van der Waals surface area contributed by atoms with Gasteiger partial charge in [-0.15, -0.1) is 0 Å². The third-order valence-corrected chi connectivity index (χ3v) is 10.2. The molecule has 8 aromatic carbocycles. The van der Waals surface area contributed by atoms with Gasteiger partial charge in [0.2, 0.25) is 0 Å². The molecule has 9 aromatic rings. The second-order valence-electron chi connectivity index (χ2n) is 14.6. The van der Waals surface area contributed by atoms with Crippen molar-refractivity contribution in [3.05, 3.63) is 188 Å². The Morgan fingerprint density at radius 2 is 0.962 bits per heavy atom. The predicted molar refractivity (Wildman–Crippen MR) is 221 cm³/mol. The summed E-state index contributed by atoms with van der Waals surface area (Å²) in [5.41, 5.74) is 13.7. The van der Waals surface area contributed by atoms with E-state index in [0.29, 0.717) is 0 Å². The first-order chi connectivity index (χ1) is 25.4. The molecule has 0 unspecified atom stereocenters. The SMILES string of the molecule is CC(C)(C)c1cc(-c2ccccc2)ccc1-c1ccc(N(c2ccc(-c3ccc4c(c3)oc3ccccc34)cc2)c2cccc3ccccc23)cc1. The molecule has 0 aliphatic carbocycles. The van der Waals surface area contributed by atoms with Crippen molar-refractivity contribution >= 4 is 49.8 Å². The quantitative estimate of drug-likeness (QED) is 0.175. The molecular weight excluding hydrogens is 631 g/mol. The standard InChI is InChI=1S/C50H39NO/c1-50(2,3)46-32-38(34-12-5-4-6-13-34)24-30-42(46)37-22-28-41(29-23-37)51(47-18-11-15-36-14-7-8-16-43(36)47)40-26-20-35(21-27-40)39-25-31-45-44-17-9-10-19-48(44)52-49(45)33-39/h4-33H,1-3H3. The normalized spacial score (nSPS) is 11.8. The van der Waals surface area contributed by atoms with Crippen LogP contribution in [0.3, 0.4) is 0 Å². The molecule has 0 bridgehead atoms. The highest BCUT2D eigenvalue weighted by molar-refractivity contribution is 6.06. The lowest BCUT2D eigenvalue weighted by atomic mass is 9.80. The molecule has 0 radical (unpaired) electrons. The molecule has 250 valence electrons. The first kappa shape index (κ1) is 31.6. The van der Waals surface area contributed by atoms with Crippen LogP contribution >= 0.6 is 0 Å². The van der Waals surface area contributed by atoms with E-state index >= 15 is 0 Å². The number of hydrogen-bond acceptors (Lipinski definition) is 2. The van der Waals surface area contributed by atoms with Gasteiger partial charge in [-0.1, -0.05) is 154 Å². The van der Waals surface area contributed by atoms with Crippen LogP contribution in [-0.4, -0.2) is 0 Å². The maximum absolute atomic E-state index is 6.22. The third kappa shape index (κ3) is 5.73. The molecule has 0 N–H and O–H groups in total. The van der Waals surface area contributed by atoms with E-state index in [1.54, 1.807) is 0 Å². The van der Waals surface area contributed by atoms with Crippen LogP contribution in [-0.2, 0) is 5.41 Å². The topological polar surface area (TPSA) is 16.4 Å². The van der Waals surface area contributed by atoms with Gasteiger partial charge in [0.25, 0.3) is 0 Å². The van der Waals surface area contributed by atoms with Crippen molar-refractivity contribution in [1.82, 2.24) is 0 Å². The van der Waals surface area contributed by atoms with Crippen molar-refractivity contribution < 1.29 is 4.42 Å². The molecule has 0 amide bonds. The van der Waals surface area contributed by atoms with Crippen LogP contribution in [0.15, 0.2) is 186 Å². The summed E-state index contributed by atoms with van der Waals surface area (Å²) < 4.78 is 6.22. The Hall–Kier alpha value is -6.38. The lowest BCUT2D eigenvalue weighted by Gasteiger charge is -2.28. The number of para-hydroxylation sites is 1. The number of furan rings is 1. The summed E-state index contributed by atoms with van der Waals surface area (Å²) in [6.07, 6.45) is 0. The molecule has 2 nitrogen and oxygen atoms in total. The van der Waals surface area contributed by atoms with Crippen molar-refractivity contribution in [3.8, 4) is 33.4 Å². The Balaban J connectivity index is 1.11. The summed E-state index contributed by atoms with van der Waals surface area (Å²) >= 11 is 0. The van der Waals surface area contributed by atoms with E-state index in [4.69, 9.17) is 4.42 Å². The monoisotopic (exact) mass is 669 g/mol. The highest BCUT2D eigenvalue weighted by Crippen LogP contribution is 2.42. The molecule has 0 saturated carbocycles. The Morgan fingerprint density at radius 3 is 1.71 bits per heavy atom. The Labute approximate surface area is 305 Å². The van der Waals surface area contributed by atoms with E-state index in [-0.39, 0.29) is 5.41 Å². The van der Waals surface area contributed by atoms with Crippen LogP contribution in [0, 0.1) is 0 Å². The highest BCUT2D eigenvalue weighted by atomic mass is 16.3. The number of hydrogen-bond donors (Lipinski definition) is 0. The van der Waals surface area contributed by atoms with Crippen LogP contribution in [0.4, 0.5) is 17.1 Å². The minimum absolute atomic E-state index is 0.0233. The molecule has 0 aliphatic rings. The third-order valence-electron chi connectivity index (χ3n) is 10.2. The fourth-order valence-electron chi connectivity index (χ4n) is 7.56. The Morgan fingerprint density at radius 1 is 0.404 bits per heavy atom. The predicted octanol–water partition coefficient (Wildman–Crippen LogP) is 14.5. The molecular formula is C50H39NO. The lowest BCUT2D eigenvalue weighted by Crippen LogP contribution is -2.13. The zero-order chi connectivity index (χ0) is 35.2. The van der Waals surface area contributed by atoms with Crippen molar-refractivity contribution in [2.45, 2.75) is 26.2 Å². The van der Waals surface area contributed by atoms with Gasteiger partial charge in [0.05, 0.1) is 5.69 Å². The van der Waals surface area contributed by atoms with E-state index in [2.05, 4.69) is 196 Å². The fourth-order valence-corrected chi connectivity index (χ4v) is 7.56. The first-order valence-electron chi connectivity index (χ1n) is 18.0. The second kappa shape index (κ2) is 12.7. The molecule has 0 saturated heterocycles. The number of rotatable bonds is 6. The number of nitrogens with zero attached hydrogens (tertiary/aromatic N) is 1. The summed E-state index contributed by atoms with van der Waals surface area (Å²) in [6.45, 7) is 6.90. The Bertz CT molecular complexity index is 2690. The largest absolute Gasteiger partial charge is 0.456 e. The van der Waals surface area contributed by atoms with Gasteiger partial charge in [0.15, 0.2) is 0 Å². The summed E-state index contributed by atoms with van der Waals surface area (Å²) in [5, 5.41) is 4.71. The van der Waals surface area contributed by atoms with Gasteiger partial charge < -0.3 is 9.32 Å². The van der Waals surface area contributed by atoms with E-state index in [9.17, 15) is 0 Å². The highest BCUT2D eigenvalue weighted by Gasteiger charge is 2.21. The summed E-state index contributed by atoms with van der Waals surface area (Å²) in [4.78, 5) is 2.38. The van der Waals surface area contributed by atoms with Gasteiger partial charge >= 0.3 is 0 Å². The molecule has 0 aliphatic heterocycles. The molecule has 9 rings (SSSR count).